The van der Waals surface area contributed by atoms with Gasteiger partial charge in [-0.25, -0.2) is 4.98 Å². The summed E-state index contributed by atoms with van der Waals surface area (Å²) in [7, 11) is 0. The van der Waals surface area contributed by atoms with Gasteiger partial charge in [-0.15, -0.1) is 0 Å². The number of para-hydroxylation sites is 1. The zero-order valence-electron chi connectivity index (χ0n) is 25.4. The summed E-state index contributed by atoms with van der Waals surface area (Å²) in [5.74, 6) is 1.92. The van der Waals surface area contributed by atoms with Gasteiger partial charge in [0.05, 0.1) is 11.0 Å². The number of fused-ring (bicyclic) bond motifs is 7. The van der Waals surface area contributed by atoms with Gasteiger partial charge in [-0.3, -0.25) is 4.57 Å². The summed E-state index contributed by atoms with van der Waals surface area (Å²) in [5, 5.41) is 5.01. The van der Waals surface area contributed by atoms with Gasteiger partial charge in [0.2, 0.25) is 5.95 Å². The third-order valence-corrected chi connectivity index (χ3v) is 9.17. The van der Waals surface area contributed by atoms with Gasteiger partial charge in [0.25, 0.3) is 0 Å². The fourth-order valence-corrected chi connectivity index (χ4v) is 6.98. The van der Waals surface area contributed by atoms with Crippen molar-refractivity contribution in [3.8, 4) is 51.0 Å². The maximum absolute atomic E-state index is 5.18. The number of benzene rings is 6. The van der Waals surface area contributed by atoms with E-state index in [2.05, 4.69) is 135 Å². The van der Waals surface area contributed by atoms with Gasteiger partial charge in [0, 0.05) is 27.5 Å². The van der Waals surface area contributed by atoms with Gasteiger partial charge >= 0.3 is 0 Å². The molecule has 0 saturated carbocycles. The molecule has 0 atom stereocenters. The van der Waals surface area contributed by atoms with Crippen molar-refractivity contribution in [2.75, 3.05) is 0 Å². The van der Waals surface area contributed by atoms with Gasteiger partial charge < -0.3 is 0 Å². The fraction of sp³-hybridized carbons (Fsp3) is 0.0976. The molecule has 0 spiro atoms. The Balaban J connectivity index is 1.34. The Morgan fingerprint density at radius 3 is 1.89 bits per heavy atom. The van der Waals surface area contributed by atoms with Crippen LogP contribution in [0.4, 0.5) is 0 Å². The summed E-state index contributed by atoms with van der Waals surface area (Å²) in [5.41, 5.74) is 10.5. The van der Waals surface area contributed by atoms with Crippen LogP contribution in [0, 0.1) is 0 Å². The van der Waals surface area contributed by atoms with Crippen molar-refractivity contribution >= 4 is 32.6 Å². The monoisotopic (exact) mass is 578 g/mol. The van der Waals surface area contributed by atoms with E-state index in [1.165, 1.54) is 49.4 Å². The van der Waals surface area contributed by atoms with E-state index in [9.17, 15) is 0 Å². The summed E-state index contributed by atoms with van der Waals surface area (Å²) in [6, 6.07) is 45.2. The number of aromatic nitrogens is 4. The minimum absolute atomic E-state index is 0.0607. The molecule has 0 aliphatic heterocycles. The normalized spacial score (nSPS) is 12.3. The average Bonchev–Trinajstić information content (AvgIpc) is 3.59. The molecule has 9 rings (SSSR count). The van der Waals surface area contributed by atoms with E-state index in [1.807, 2.05) is 18.2 Å². The number of hydrogen-bond acceptors (Lipinski definition) is 3. The van der Waals surface area contributed by atoms with Crippen LogP contribution in [0.3, 0.4) is 0 Å². The number of hydrogen-bond donors (Lipinski definition) is 0. The molecule has 214 valence electrons. The molecule has 0 unspecified atom stereocenters. The van der Waals surface area contributed by atoms with Crippen LogP contribution in [0.1, 0.15) is 26.3 Å². The first-order valence-electron chi connectivity index (χ1n) is 15.5. The smallest absolute Gasteiger partial charge is 0.238 e. The first-order valence-corrected chi connectivity index (χ1v) is 15.5. The van der Waals surface area contributed by atoms with E-state index >= 15 is 0 Å². The van der Waals surface area contributed by atoms with Crippen molar-refractivity contribution in [1.82, 2.24) is 19.5 Å². The molecular weight excluding hydrogens is 548 g/mol. The molecule has 4 heteroatoms. The van der Waals surface area contributed by atoms with Crippen molar-refractivity contribution < 1.29 is 0 Å². The fourth-order valence-electron chi connectivity index (χ4n) is 6.98. The lowest BCUT2D eigenvalue weighted by Gasteiger charge is -2.19. The van der Waals surface area contributed by atoms with E-state index in [4.69, 9.17) is 15.0 Å². The largest absolute Gasteiger partial charge is 0.278 e. The highest BCUT2D eigenvalue weighted by molar-refractivity contribution is 6.26. The summed E-state index contributed by atoms with van der Waals surface area (Å²) < 4.78 is 2.22. The highest BCUT2D eigenvalue weighted by atomic mass is 15.2. The lowest BCUT2D eigenvalue weighted by Crippen LogP contribution is -2.10. The Morgan fingerprint density at radius 1 is 0.489 bits per heavy atom. The molecule has 1 aliphatic rings. The van der Waals surface area contributed by atoms with E-state index in [0.717, 1.165) is 22.2 Å². The maximum atomic E-state index is 5.18. The molecule has 2 aromatic heterocycles. The third kappa shape index (κ3) is 3.89. The maximum Gasteiger partial charge on any atom is 0.238 e. The Kier molecular flexibility index (Phi) is 5.42. The first kappa shape index (κ1) is 25.8. The van der Waals surface area contributed by atoms with Crippen LogP contribution in [-0.2, 0) is 5.41 Å². The first-order chi connectivity index (χ1) is 22.0. The molecule has 45 heavy (non-hydrogen) atoms. The topological polar surface area (TPSA) is 43.6 Å². The van der Waals surface area contributed by atoms with Gasteiger partial charge in [-0.2, -0.15) is 9.97 Å². The van der Waals surface area contributed by atoms with Gasteiger partial charge in [0.1, 0.15) is 0 Å². The van der Waals surface area contributed by atoms with Crippen LogP contribution in [0.5, 0.6) is 0 Å². The summed E-state index contributed by atoms with van der Waals surface area (Å²) in [6.45, 7) is 6.69. The van der Waals surface area contributed by atoms with Crippen LogP contribution in [0.15, 0.2) is 127 Å². The second kappa shape index (κ2) is 9.44. The molecule has 0 saturated heterocycles. The summed E-state index contributed by atoms with van der Waals surface area (Å²) in [4.78, 5) is 15.3. The van der Waals surface area contributed by atoms with Crippen molar-refractivity contribution in [2.24, 2.45) is 0 Å². The Labute approximate surface area is 261 Å². The van der Waals surface area contributed by atoms with Crippen LogP contribution in [0.25, 0.3) is 83.6 Å². The molecule has 0 amide bonds. The quantitative estimate of drug-likeness (QED) is 0.209. The highest BCUT2D eigenvalue weighted by Gasteiger charge is 2.27. The van der Waals surface area contributed by atoms with E-state index in [1.54, 1.807) is 0 Å². The second-order valence-corrected chi connectivity index (χ2v) is 12.9. The molecule has 4 nitrogen and oxygen atoms in total. The van der Waals surface area contributed by atoms with E-state index < -0.39 is 0 Å². The molecule has 2 heterocycles. The minimum Gasteiger partial charge on any atom is -0.278 e. The van der Waals surface area contributed by atoms with Gasteiger partial charge in [0.15, 0.2) is 11.6 Å². The summed E-state index contributed by atoms with van der Waals surface area (Å²) in [6.07, 6.45) is 0. The van der Waals surface area contributed by atoms with E-state index in [0.29, 0.717) is 17.6 Å². The molecule has 0 bridgehead atoms. The van der Waals surface area contributed by atoms with Crippen molar-refractivity contribution in [2.45, 2.75) is 26.2 Å². The molecule has 8 aromatic rings. The standard InChI is InChI=1S/C41H30N4/c1-41(2,3)28-21-19-27(20-22-28)39-42-38(26-11-5-4-6-12-26)43-40(44-39)45-33-18-8-7-15-31(33)37-34(45)24-23-30-29-16-9-13-25-14-10-17-32(35(25)29)36(30)37/h4-24H,1-3H3. The highest BCUT2D eigenvalue weighted by Crippen LogP contribution is 2.52. The van der Waals surface area contributed by atoms with Crippen molar-refractivity contribution in [3.63, 3.8) is 0 Å². The molecule has 0 N–H and O–H groups in total. The third-order valence-electron chi connectivity index (χ3n) is 9.17. The summed E-state index contributed by atoms with van der Waals surface area (Å²) >= 11 is 0. The minimum atomic E-state index is 0.0607. The number of rotatable bonds is 3. The zero-order chi connectivity index (χ0) is 30.3. The van der Waals surface area contributed by atoms with Crippen LogP contribution < -0.4 is 0 Å². The molecule has 6 aromatic carbocycles. The van der Waals surface area contributed by atoms with Gasteiger partial charge in [-0.05, 0) is 50.6 Å². The predicted molar refractivity (Wildman–Crippen MR) is 186 cm³/mol. The second-order valence-electron chi connectivity index (χ2n) is 12.9. The molecule has 0 radical (unpaired) electrons. The Hall–Kier alpha value is -5.61. The average molecular weight is 579 g/mol. The lowest BCUT2D eigenvalue weighted by molar-refractivity contribution is 0.590. The number of nitrogens with zero attached hydrogens (tertiary/aromatic N) is 4. The van der Waals surface area contributed by atoms with Crippen molar-refractivity contribution in [1.29, 1.82) is 0 Å². The van der Waals surface area contributed by atoms with Crippen LogP contribution in [0.2, 0.25) is 0 Å². The Bertz CT molecular complexity index is 2440. The zero-order valence-corrected chi connectivity index (χ0v) is 25.4. The van der Waals surface area contributed by atoms with Crippen LogP contribution in [-0.4, -0.2) is 19.5 Å². The SMILES string of the molecule is CC(C)(C)c1ccc(-c2nc(-c3ccccc3)nc(-n3c4ccccc4c4c5c(ccc43)-c3cccc4cccc-5c34)n2)cc1. The van der Waals surface area contributed by atoms with E-state index in [-0.39, 0.29) is 5.41 Å². The molecule has 1 aliphatic carbocycles. The van der Waals surface area contributed by atoms with Gasteiger partial charge in [-0.1, -0.05) is 136 Å². The molecule has 0 fully saturated rings. The Morgan fingerprint density at radius 2 is 1.16 bits per heavy atom. The van der Waals surface area contributed by atoms with Crippen molar-refractivity contribution in [3.05, 3.63) is 133 Å². The van der Waals surface area contributed by atoms with Crippen LogP contribution >= 0.6 is 0 Å². The molecular formula is C41H30N4. The lowest BCUT2D eigenvalue weighted by atomic mass is 9.87. The predicted octanol–water partition coefficient (Wildman–Crippen LogP) is 10.4.